The summed E-state index contributed by atoms with van der Waals surface area (Å²) >= 11 is 0. The molecule has 1 N–H and O–H groups in total. The maximum absolute atomic E-state index is 16.1. The van der Waals surface area contributed by atoms with E-state index in [-0.39, 0.29) is 48.3 Å². The molecule has 0 bridgehead atoms. The molecular weight excluding hydrogens is 915 g/mol. The zero-order chi connectivity index (χ0) is 48.8. The van der Waals surface area contributed by atoms with Gasteiger partial charge in [0.2, 0.25) is 5.91 Å². The summed E-state index contributed by atoms with van der Waals surface area (Å²) in [4.78, 5) is 63.1. The van der Waals surface area contributed by atoms with Crippen LogP contribution in [0.25, 0.3) is 10.9 Å². The highest BCUT2D eigenvalue weighted by atomic mass is 32.2. The number of likely N-dealkylation sites (tertiary alicyclic amines) is 1. The van der Waals surface area contributed by atoms with Gasteiger partial charge in [0.25, 0.3) is 17.7 Å². The second kappa shape index (κ2) is 19.0. The van der Waals surface area contributed by atoms with Crippen LogP contribution in [-0.2, 0) is 28.1 Å². The number of nitrogens with zero attached hydrogens (tertiary/aromatic N) is 7. The number of sulfone groups is 1. The molecule has 6 heterocycles. The predicted octanol–water partition coefficient (Wildman–Crippen LogP) is 6.41. The topological polar surface area (TPSA) is 186 Å². The van der Waals surface area contributed by atoms with Gasteiger partial charge in [-0.05, 0) is 98.7 Å². The minimum absolute atomic E-state index is 0.0727. The number of methoxy groups -OCH3 is 1. The van der Waals surface area contributed by atoms with Gasteiger partial charge in [-0.25, -0.2) is 27.0 Å². The van der Waals surface area contributed by atoms with Crippen molar-refractivity contribution in [3.05, 3.63) is 95.2 Å². The predicted molar refractivity (Wildman–Crippen MR) is 252 cm³/mol. The number of rotatable bonds is 15. The fourth-order valence-corrected chi connectivity index (χ4v) is 11.1. The van der Waals surface area contributed by atoms with Crippen molar-refractivity contribution >= 4 is 56.1 Å². The molecule has 17 nitrogen and oxygen atoms in total. The number of benzene rings is 3. The van der Waals surface area contributed by atoms with Crippen LogP contribution in [0.4, 0.5) is 25.2 Å². The average molecular weight is 969 g/mol. The normalized spacial score (nSPS) is 19.5. The number of imide groups is 2. The maximum Gasteiger partial charge on any atom is 0.329 e. The van der Waals surface area contributed by atoms with Crippen LogP contribution in [-0.4, -0.2) is 128 Å². The van der Waals surface area contributed by atoms with E-state index in [9.17, 15) is 27.6 Å². The quantitative estimate of drug-likeness (QED) is 0.114. The van der Waals surface area contributed by atoms with Gasteiger partial charge in [-0.15, -0.1) is 0 Å². The first-order valence-corrected chi connectivity index (χ1v) is 25.1. The number of urea groups is 1. The summed E-state index contributed by atoms with van der Waals surface area (Å²) in [6.07, 6.45) is 4.50. The van der Waals surface area contributed by atoms with Crippen LogP contribution in [0.3, 0.4) is 0 Å². The molecule has 0 saturated carbocycles. The SMILES string of the molecule is CCOc1cc([C@@H](CS(C)(=O)=O)N2C(=O)c3ccnc(N4CCC([C@@H]5CCN(CCc6ccc(Oc7ccc8c(N9CCC(=O)NC9=O)nn(C)c8c7)cc6)CC5(F)F)CC4)c3C2=O)ccc1OC. The van der Waals surface area contributed by atoms with Gasteiger partial charge >= 0.3 is 6.03 Å². The number of anilines is 2. The van der Waals surface area contributed by atoms with Crippen molar-refractivity contribution < 1.29 is 50.6 Å². The standard InChI is InChI=1S/C49H54F2N8O9S/c1-5-67-41-26-32(8-13-40(41)66-3)39(28-69(4,64)65)59-46(61)36-14-20-52-45(43(36)47(59)62)57-23-16-31(17-24-57)37-18-22-56(29-49(37,50)51)21-15-30-6-9-33(10-7-30)68-34-11-12-35-38(27-34)55(2)54-44(35)58-25-19-42(60)53-48(58)63/h6-14,20,26-27,31,37,39H,5,15-19,21-25,28-29H2,1-4H3,(H,53,60,63)/t37-,39+/m0/s1. The molecule has 2 aromatic heterocycles. The molecule has 5 amide bonds. The summed E-state index contributed by atoms with van der Waals surface area (Å²) in [5.41, 5.74) is 2.29. The van der Waals surface area contributed by atoms with Gasteiger partial charge in [0, 0.05) is 69.5 Å². The number of pyridine rings is 1. The van der Waals surface area contributed by atoms with E-state index in [2.05, 4.69) is 15.4 Å². The summed E-state index contributed by atoms with van der Waals surface area (Å²) in [7, 11) is -0.466. The minimum Gasteiger partial charge on any atom is -0.493 e. The lowest BCUT2D eigenvalue weighted by molar-refractivity contribution is -0.131. The van der Waals surface area contributed by atoms with Crippen LogP contribution in [0.2, 0.25) is 0 Å². The number of piperidine rings is 2. The van der Waals surface area contributed by atoms with Crippen LogP contribution < -0.4 is 29.3 Å². The van der Waals surface area contributed by atoms with Crippen LogP contribution in [0, 0.1) is 11.8 Å². The lowest BCUT2D eigenvalue weighted by atomic mass is 9.76. The van der Waals surface area contributed by atoms with E-state index in [0.717, 1.165) is 27.6 Å². The number of ether oxygens (including phenoxy) is 3. The number of hydrogen-bond acceptors (Lipinski definition) is 13. The van der Waals surface area contributed by atoms with Crippen molar-refractivity contribution in [1.82, 2.24) is 29.9 Å². The fraction of sp³-hybridized carbons (Fsp3) is 0.429. The highest BCUT2D eigenvalue weighted by Gasteiger charge is 2.49. The summed E-state index contributed by atoms with van der Waals surface area (Å²) in [6.45, 7) is 3.71. The van der Waals surface area contributed by atoms with Gasteiger partial charge in [-0.1, -0.05) is 18.2 Å². The number of fused-ring (bicyclic) bond motifs is 2. The molecule has 0 spiro atoms. The Bertz CT molecular complexity index is 2920. The molecule has 5 aromatic rings. The number of aromatic nitrogens is 3. The van der Waals surface area contributed by atoms with Crippen LogP contribution in [0.5, 0.6) is 23.0 Å². The number of carbonyl (C=O) groups excluding carboxylic acids is 4. The summed E-state index contributed by atoms with van der Waals surface area (Å²) in [5.74, 6) is -3.48. The summed E-state index contributed by atoms with van der Waals surface area (Å²) < 4.78 is 76.5. The number of hydrogen-bond donors (Lipinski definition) is 1. The first-order valence-electron chi connectivity index (χ1n) is 23.1. The molecule has 3 saturated heterocycles. The van der Waals surface area contributed by atoms with Crippen molar-refractivity contribution in [2.45, 2.75) is 51.0 Å². The Morgan fingerprint density at radius 1 is 0.884 bits per heavy atom. The van der Waals surface area contributed by atoms with Crippen molar-refractivity contribution in [1.29, 1.82) is 0 Å². The number of halogens is 2. The Balaban J connectivity index is 0.794. The summed E-state index contributed by atoms with van der Waals surface area (Å²) in [6, 6.07) is 17.6. The fourth-order valence-electron chi connectivity index (χ4n) is 10.2. The molecule has 0 radical (unpaired) electrons. The number of nitrogens with one attached hydrogen (secondary N) is 1. The largest absolute Gasteiger partial charge is 0.493 e. The van der Waals surface area contributed by atoms with Crippen molar-refractivity contribution in [3.63, 3.8) is 0 Å². The first-order chi connectivity index (χ1) is 33.0. The number of amides is 5. The van der Waals surface area contributed by atoms with Gasteiger partial charge in [0.15, 0.2) is 17.3 Å². The molecule has 69 heavy (non-hydrogen) atoms. The molecule has 3 fully saturated rings. The van der Waals surface area contributed by atoms with Gasteiger partial charge in [-0.3, -0.25) is 39.1 Å². The zero-order valence-corrected chi connectivity index (χ0v) is 39.6. The average Bonchev–Trinajstić information content (AvgIpc) is 3.78. The van der Waals surface area contributed by atoms with Crippen LogP contribution in [0.1, 0.15) is 70.5 Å². The molecule has 3 aromatic carbocycles. The lowest BCUT2D eigenvalue weighted by Crippen LogP contribution is -2.52. The number of aryl methyl sites for hydroxylation is 1. The lowest BCUT2D eigenvalue weighted by Gasteiger charge is -2.44. The highest BCUT2D eigenvalue weighted by molar-refractivity contribution is 7.90. The number of carbonyl (C=O) groups is 4. The van der Waals surface area contributed by atoms with Gasteiger partial charge in [0.05, 0.1) is 48.7 Å². The van der Waals surface area contributed by atoms with E-state index < -0.39 is 51.3 Å². The molecular formula is C49H54F2N8O9S. The zero-order valence-electron chi connectivity index (χ0n) is 38.8. The third-order valence-corrected chi connectivity index (χ3v) is 14.5. The summed E-state index contributed by atoms with van der Waals surface area (Å²) in [5, 5.41) is 7.59. The van der Waals surface area contributed by atoms with Crippen LogP contribution in [0.15, 0.2) is 72.9 Å². The van der Waals surface area contributed by atoms with E-state index >= 15 is 8.78 Å². The molecule has 0 aliphatic carbocycles. The first kappa shape index (κ1) is 47.4. The van der Waals surface area contributed by atoms with E-state index in [0.29, 0.717) is 92.8 Å². The van der Waals surface area contributed by atoms with E-state index in [1.807, 2.05) is 46.2 Å². The Morgan fingerprint density at radius 3 is 2.33 bits per heavy atom. The molecule has 2 atom stereocenters. The second-order valence-corrected chi connectivity index (χ2v) is 20.3. The third kappa shape index (κ3) is 9.68. The van der Waals surface area contributed by atoms with Crippen molar-refractivity contribution in [2.75, 3.05) is 74.8 Å². The Labute approximate surface area is 398 Å². The van der Waals surface area contributed by atoms with Crippen molar-refractivity contribution in [3.8, 4) is 23.0 Å². The minimum atomic E-state index is -3.71. The number of alkyl halides is 2. The second-order valence-electron chi connectivity index (χ2n) is 18.1. The van der Waals surface area contributed by atoms with E-state index in [4.69, 9.17) is 14.2 Å². The molecule has 20 heteroatoms. The molecule has 0 unspecified atom stereocenters. The third-order valence-electron chi connectivity index (χ3n) is 13.6. The smallest absolute Gasteiger partial charge is 0.329 e. The Hall–Kier alpha value is -6.67. The van der Waals surface area contributed by atoms with E-state index in [1.54, 1.807) is 42.9 Å². The Morgan fingerprint density at radius 2 is 1.64 bits per heavy atom. The van der Waals surface area contributed by atoms with Crippen molar-refractivity contribution in [2.24, 2.45) is 18.9 Å². The van der Waals surface area contributed by atoms with Gasteiger partial charge in [0.1, 0.15) is 27.2 Å². The molecule has 364 valence electrons. The molecule has 4 aliphatic heterocycles. The van der Waals surface area contributed by atoms with E-state index in [1.165, 1.54) is 24.3 Å². The van der Waals surface area contributed by atoms with Crippen LogP contribution >= 0.6 is 0 Å². The maximum atomic E-state index is 16.1. The van der Waals surface area contributed by atoms with Gasteiger partial charge < -0.3 is 19.1 Å². The highest BCUT2D eigenvalue weighted by Crippen LogP contribution is 2.44. The monoisotopic (exact) mass is 968 g/mol. The Kier molecular flexibility index (Phi) is 13.1. The van der Waals surface area contributed by atoms with Gasteiger partial charge in [-0.2, -0.15) is 5.10 Å². The molecule has 4 aliphatic rings. The molecule has 9 rings (SSSR count).